The molecule has 0 aromatic heterocycles. The Balaban J connectivity index is 1.98. The zero-order valence-corrected chi connectivity index (χ0v) is 14.5. The van der Waals surface area contributed by atoms with Crippen LogP contribution in [-0.4, -0.2) is 25.5 Å². The molecular formula is C19H23N3O3. The van der Waals surface area contributed by atoms with Crippen molar-refractivity contribution in [3.05, 3.63) is 53.6 Å². The molecule has 2 amide bonds. The lowest BCUT2D eigenvalue weighted by atomic mass is 10.1. The zero-order valence-electron chi connectivity index (χ0n) is 14.5. The highest BCUT2D eigenvalue weighted by molar-refractivity contribution is 5.96. The summed E-state index contributed by atoms with van der Waals surface area (Å²) in [5.74, 6) is 0.0717. The summed E-state index contributed by atoms with van der Waals surface area (Å²) in [4.78, 5) is 23.6. The van der Waals surface area contributed by atoms with Crippen molar-refractivity contribution >= 4 is 23.2 Å². The Kier molecular flexibility index (Phi) is 6.54. The fraction of sp³-hybridized carbons (Fsp3) is 0.263. The Morgan fingerprint density at radius 3 is 2.40 bits per heavy atom. The van der Waals surface area contributed by atoms with Crippen LogP contribution in [0.1, 0.15) is 17.5 Å². The standard InChI is InChI=1S/C19H23N3O3/c1-13-3-5-14(6-4-13)7-10-18(23)21-15-8-9-17(25-2)16(11-15)22-19(24)12-20/h3-6,8-9,11H,7,10,12,20H2,1-2H3,(H,21,23)(H,22,24). The van der Waals surface area contributed by atoms with E-state index in [0.29, 0.717) is 30.0 Å². The predicted octanol–water partition coefficient (Wildman–Crippen LogP) is 2.47. The van der Waals surface area contributed by atoms with Crippen LogP contribution in [0.15, 0.2) is 42.5 Å². The van der Waals surface area contributed by atoms with Gasteiger partial charge in [-0.15, -0.1) is 0 Å². The summed E-state index contributed by atoms with van der Waals surface area (Å²) in [6.07, 6.45) is 1.04. The van der Waals surface area contributed by atoms with Gasteiger partial charge in [0.15, 0.2) is 0 Å². The molecule has 6 heteroatoms. The average molecular weight is 341 g/mol. The number of amides is 2. The van der Waals surface area contributed by atoms with Crippen LogP contribution in [-0.2, 0) is 16.0 Å². The van der Waals surface area contributed by atoms with Gasteiger partial charge in [-0.05, 0) is 37.1 Å². The zero-order chi connectivity index (χ0) is 18.2. The second-order valence-corrected chi connectivity index (χ2v) is 5.70. The minimum atomic E-state index is -0.332. The maximum Gasteiger partial charge on any atom is 0.238 e. The van der Waals surface area contributed by atoms with Gasteiger partial charge in [0.2, 0.25) is 11.8 Å². The molecule has 2 aromatic rings. The van der Waals surface area contributed by atoms with Gasteiger partial charge in [0.1, 0.15) is 5.75 Å². The molecule has 0 aliphatic heterocycles. The molecule has 0 aliphatic rings. The van der Waals surface area contributed by atoms with Crippen LogP contribution in [0.25, 0.3) is 0 Å². The van der Waals surface area contributed by atoms with Crippen LogP contribution in [0.4, 0.5) is 11.4 Å². The summed E-state index contributed by atoms with van der Waals surface area (Å²) < 4.78 is 5.20. The molecule has 0 heterocycles. The van der Waals surface area contributed by atoms with E-state index in [1.807, 2.05) is 31.2 Å². The maximum atomic E-state index is 12.1. The lowest BCUT2D eigenvalue weighted by molar-refractivity contribution is -0.116. The van der Waals surface area contributed by atoms with E-state index >= 15 is 0 Å². The number of aryl methyl sites for hydroxylation is 2. The third-order valence-corrected chi connectivity index (χ3v) is 3.70. The molecule has 0 unspecified atom stereocenters. The van der Waals surface area contributed by atoms with Crippen LogP contribution in [0.3, 0.4) is 0 Å². The molecule has 0 saturated carbocycles. The number of nitrogens with two attached hydrogens (primary N) is 1. The number of nitrogens with one attached hydrogen (secondary N) is 2. The first kappa shape index (κ1) is 18.5. The van der Waals surface area contributed by atoms with Crippen molar-refractivity contribution in [2.75, 3.05) is 24.3 Å². The molecule has 0 fully saturated rings. The van der Waals surface area contributed by atoms with E-state index in [0.717, 1.165) is 5.56 Å². The number of hydrogen-bond acceptors (Lipinski definition) is 4. The van der Waals surface area contributed by atoms with Gasteiger partial charge in [-0.1, -0.05) is 29.8 Å². The van der Waals surface area contributed by atoms with Gasteiger partial charge in [-0.3, -0.25) is 9.59 Å². The number of anilines is 2. The van der Waals surface area contributed by atoms with Gasteiger partial charge >= 0.3 is 0 Å². The SMILES string of the molecule is COc1ccc(NC(=O)CCc2ccc(C)cc2)cc1NC(=O)CN. The Bertz CT molecular complexity index is 742. The monoisotopic (exact) mass is 341 g/mol. The van der Waals surface area contributed by atoms with Crippen molar-refractivity contribution in [2.24, 2.45) is 5.73 Å². The maximum absolute atomic E-state index is 12.1. The van der Waals surface area contributed by atoms with Crippen LogP contribution in [0, 0.1) is 6.92 Å². The first-order valence-corrected chi connectivity index (χ1v) is 8.05. The smallest absolute Gasteiger partial charge is 0.238 e. The fourth-order valence-electron chi connectivity index (χ4n) is 2.32. The number of rotatable bonds is 7. The van der Waals surface area contributed by atoms with Gasteiger partial charge in [0.05, 0.1) is 19.3 Å². The molecule has 0 saturated heterocycles. The Labute approximate surface area is 147 Å². The first-order chi connectivity index (χ1) is 12.0. The van der Waals surface area contributed by atoms with Crippen LogP contribution in [0.5, 0.6) is 5.75 Å². The fourth-order valence-corrected chi connectivity index (χ4v) is 2.32. The van der Waals surface area contributed by atoms with Crippen LogP contribution in [0.2, 0.25) is 0 Å². The van der Waals surface area contributed by atoms with Gasteiger partial charge in [0, 0.05) is 12.1 Å². The molecule has 0 atom stereocenters. The molecule has 6 nitrogen and oxygen atoms in total. The molecule has 4 N–H and O–H groups in total. The molecule has 0 bridgehead atoms. The molecule has 132 valence electrons. The largest absolute Gasteiger partial charge is 0.495 e. The van der Waals surface area contributed by atoms with Gasteiger partial charge in [0.25, 0.3) is 0 Å². The molecule has 2 rings (SSSR count). The second-order valence-electron chi connectivity index (χ2n) is 5.70. The van der Waals surface area contributed by atoms with E-state index in [1.165, 1.54) is 12.7 Å². The number of carbonyl (C=O) groups excluding carboxylic acids is 2. The highest BCUT2D eigenvalue weighted by Crippen LogP contribution is 2.27. The lowest BCUT2D eigenvalue weighted by Gasteiger charge is -2.12. The summed E-state index contributed by atoms with van der Waals surface area (Å²) in [6, 6.07) is 13.2. The quantitative estimate of drug-likeness (QED) is 0.721. The molecule has 2 aromatic carbocycles. The summed E-state index contributed by atoms with van der Waals surface area (Å²) in [5.41, 5.74) is 8.67. The lowest BCUT2D eigenvalue weighted by Crippen LogP contribution is -2.22. The Morgan fingerprint density at radius 1 is 1.04 bits per heavy atom. The van der Waals surface area contributed by atoms with Crippen molar-refractivity contribution in [1.29, 1.82) is 0 Å². The van der Waals surface area contributed by atoms with Crippen molar-refractivity contribution in [3.63, 3.8) is 0 Å². The summed E-state index contributed by atoms with van der Waals surface area (Å²) in [7, 11) is 1.51. The highest BCUT2D eigenvalue weighted by atomic mass is 16.5. The second kappa shape index (κ2) is 8.84. The molecule has 0 aliphatic carbocycles. The Morgan fingerprint density at radius 2 is 1.76 bits per heavy atom. The highest BCUT2D eigenvalue weighted by Gasteiger charge is 2.09. The van der Waals surface area contributed by atoms with Crippen LogP contribution < -0.4 is 21.1 Å². The minimum absolute atomic E-state index is 0.0955. The third-order valence-electron chi connectivity index (χ3n) is 3.70. The van der Waals surface area contributed by atoms with Gasteiger partial charge in [-0.25, -0.2) is 0 Å². The number of ether oxygens (including phenoxy) is 1. The third kappa shape index (κ3) is 5.61. The van der Waals surface area contributed by atoms with E-state index < -0.39 is 0 Å². The van der Waals surface area contributed by atoms with Crippen molar-refractivity contribution < 1.29 is 14.3 Å². The number of hydrogen-bond donors (Lipinski definition) is 3. The van der Waals surface area contributed by atoms with E-state index in [1.54, 1.807) is 18.2 Å². The average Bonchev–Trinajstić information content (AvgIpc) is 2.61. The van der Waals surface area contributed by atoms with E-state index in [4.69, 9.17) is 10.5 Å². The molecule has 0 radical (unpaired) electrons. The summed E-state index contributed by atoms with van der Waals surface area (Å²) in [6.45, 7) is 1.90. The molecule has 25 heavy (non-hydrogen) atoms. The van der Waals surface area contributed by atoms with Crippen LogP contribution >= 0.6 is 0 Å². The number of methoxy groups -OCH3 is 1. The summed E-state index contributed by atoms with van der Waals surface area (Å²) >= 11 is 0. The number of carbonyl (C=O) groups is 2. The predicted molar refractivity (Wildman–Crippen MR) is 98.8 cm³/mol. The van der Waals surface area contributed by atoms with Gasteiger partial charge < -0.3 is 21.1 Å². The topological polar surface area (TPSA) is 93.5 Å². The van der Waals surface area contributed by atoms with E-state index in [2.05, 4.69) is 10.6 Å². The van der Waals surface area contributed by atoms with Crippen molar-refractivity contribution in [3.8, 4) is 5.75 Å². The normalized spacial score (nSPS) is 10.2. The first-order valence-electron chi connectivity index (χ1n) is 8.05. The van der Waals surface area contributed by atoms with E-state index in [-0.39, 0.29) is 18.4 Å². The van der Waals surface area contributed by atoms with E-state index in [9.17, 15) is 9.59 Å². The number of benzene rings is 2. The molecular weight excluding hydrogens is 318 g/mol. The molecule has 0 spiro atoms. The van der Waals surface area contributed by atoms with Crippen molar-refractivity contribution in [2.45, 2.75) is 19.8 Å². The van der Waals surface area contributed by atoms with Gasteiger partial charge in [-0.2, -0.15) is 0 Å². The summed E-state index contributed by atoms with van der Waals surface area (Å²) in [5, 5.41) is 5.48. The Hall–Kier alpha value is -2.86. The minimum Gasteiger partial charge on any atom is -0.495 e. The van der Waals surface area contributed by atoms with Crippen molar-refractivity contribution in [1.82, 2.24) is 0 Å².